The highest BCUT2D eigenvalue weighted by atomic mass is 15.6. The lowest BCUT2D eigenvalue weighted by atomic mass is 10.2. The van der Waals surface area contributed by atoms with E-state index in [1.54, 1.807) is 0 Å². The first kappa shape index (κ1) is 13.3. The Hall–Kier alpha value is -0.730. The van der Waals surface area contributed by atoms with Crippen molar-refractivity contribution in [2.75, 3.05) is 13.1 Å². The number of hydrogen-bond acceptors (Lipinski definition) is 3. The highest BCUT2D eigenvalue weighted by molar-refractivity contribution is 5.56. The fourth-order valence-corrected chi connectivity index (χ4v) is 2.06. The number of nitrogens with zero attached hydrogens (tertiary/aromatic N) is 3. The summed E-state index contributed by atoms with van der Waals surface area (Å²) in [6.45, 7) is 11.2. The fourth-order valence-electron chi connectivity index (χ4n) is 2.06. The van der Waals surface area contributed by atoms with Crippen LogP contribution in [0.25, 0.3) is 0 Å². The summed E-state index contributed by atoms with van der Waals surface area (Å²) >= 11 is 0. The number of hydrazone groups is 1. The van der Waals surface area contributed by atoms with Gasteiger partial charge >= 0.3 is 0 Å². The third-order valence-corrected chi connectivity index (χ3v) is 3.08. The van der Waals surface area contributed by atoms with Gasteiger partial charge in [-0.3, -0.25) is 5.01 Å². The monoisotopic (exact) mass is 225 g/mol. The first-order chi connectivity index (χ1) is 7.65. The summed E-state index contributed by atoms with van der Waals surface area (Å²) in [6, 6.07) is 0. The molecule has 0 aromatic heterocycles. The molecule has 0 spiro atoms. The Kier molecular flexibility index (Phi) is 5.64. The van der Waals surface area contributed by atoms with E-state index in [1.165, 1.54) is 25.7 Å². The maximum absolute atomic E-state index is 4.48. The van der Waals surface area contributed by atoms with Crippen molar-refractivity contribution in [2.24, 2.45) is 11.0 Å². The molecule has 1 rings (SSSR count). The van der Waals surface area contributed by atoms with E-state index < -0.39 is 0 Å². The van der Waals surface area contributed by atoms with Crippen molar-refractivity contribution in [3.63, 3.8) is 0 Å². The van der Waals surface area contributed by atoms with Gasteiger partial charge in [0.1, 0.15) is 12.5 Å². The maximum atomic E-state index is 4.48. The second-order valence-corrected chi connectivity index (χ2v) is 5.18. The molecule has 16 heavy (non-hydrogen) atoms. The third kappa shape index (κ3) is 4.03. The van der Waals surface area contributed by atoms with Gasteiger partial charge in [-0.2, -0.15) is 5.10 Å². The maximum Gasteiger partial charge on any atom is 0.116 e. The molecule has 94 valence electrons. The molecule has 1 aliphatic rings. The summed E-state index contributed by atoms with van der Waals surface area (Å²) < 4.78 is 0. The van der Waals surface area contributed by atoms with Gasteiger partial charge in [0.2, 0.25) is 0 Å². The first-order valence-corrected chi connectivity index (χ1v) is 6.71. The summed E-state index contributed by atoms with van der Waals surface area (Å²) in [5.74, 6) is 0.703. The quantitative estimate of drug-likeness (QED) is 0.620. The molecule has 0 aliphatic carbocycles. The van der Waals surface area contributed by atoms with Gasteiger partial charge in [0, 0.05) is 13.1 Å². The van der Waals surface area contributed by atoms with Crippen molar-refractivity contribution < 1.29 is 0 Å². The smallest absolute Gasteiger partial charge is 0.116 e. The van der Waals surface area contributed by atoms with Crippen LogP contribution in [0.1, 0.15) is 53.4 Å². The van der Waals surface area contributed by atoms with Gasteiger partial charge in [-0.15, -0.1) is 0 Å². The summed E-state index contributed by atoms with van der Waals surface area (Å²) in [5.41, 5.74) is 0. The average molecular weight is 225 g/mol. The topological polar surface area (TPSA) is 18.8 Å². The number of hydrogen-bond donors (Lipinski definition) is 0. The van der Waals surface area contributed by atoms with Crippen LogP contribution in [0.15, 0.2) is 5.10 Å². The van der Waals surface area contributed by atoms with E-state index in [0.29, 0.717) is 12.1 Å². The highest BCUT2D eigenvalue weighted by Crippen LogP contribution is 2.15. The van der Waals surface area contributed by atoms with Crippen molar-refractivity contribution in [1.29, 1.82) is 0 Å². The Morgan fingerprint density at radius 3 is 2.62 bits per heavy atom. The Bertz CT molecular complexity index is 213. The third-order valence-electron chi connectivity index (χ3n) is 3.08. The minimum absolute atomic E-state index is 0.448. The zero-order valence-corrected chi connectivity index (χ0v) is 11.3. The lowest BCUT2D eigenvalue weighted by molar-refractivity contribution is 0.136. The minimum atomic E-state index is 0.448. The second kappa shape index (κ2) is 6.77. The summed E-state index contributed by atoms with van der Waals surface area (Å²) in [4.78, 5) is 2.34. The molecule has 3 heteroatoms. The van der Waals surface area contributed by atoms with E-state index in [0.717, 1.165) is 13.1 Å². The molecule has 3 nitrogen and oxygen atoms in total. The van der Waals surface area contributed by atoms with Crippen LogP contribution < -0.4 is 0 Å². The lowest BCUT2D eigenvalue weighted by Crippen LogP contribution is -2.39. The SMILES string of the molecule is CCCCCCN1N=CN(CC(C)C)C1C. The molecule has 0 radical (unpaired) electrons. The van der Waals surface area contributed by atoms with Crippen LogP contribution in [0.4, 0.5) is 0 Å². The Labute approximate surface area is 100 Å². The van der Waals surface area contributed by atoms with Crippen molar-refractivity contribution in [3.05, 3.63) is 0 Å². The van der Waals surface area contributed by atoms with Crippen molar-refractivity contribution in [3.8, 4) is 0 Å². The molecule has 0 fully saturated rings. The van der Waals surface area contributed by atoms with Gasteiger partial charge in [-0.05, 0) is 19.3 Å². The normalized spacial score (nSPS) is 20.2. The first-order valence-electron chi connectivity index (χ1n) is 6.71. The summed E-state index contributed by atoms with van der Waals surface area (Å²) in [7, 11) is 0. The Balaban J connectivity index is 2.23. The zero-order chi connectivity index (χ0) is 12.0. The largest absolute Gasteiger partial charge is 0.339 e. The highest BCUT2D eigenvalue weighted by Gasteiger charge is 2.22. The number of unbranched alkanes of at least 4 members (excludes halogenated alkanes) is 3. The Morgan fingerprint density at radius 2 is 2.00 bits per heavy atom. The van der Waals surface area contributed by atoms with Gasteiger partial charge in [0.15, 0.2) is 0 Å². The van der Waals surface area contributed by atoms with Crippen LogP contribution in [0.2, 0.25) is 0 Å². The molecule has 0 saturated heterocycles. The van der Waals surface area contributed by atoms with Crippen molar-refractivity contribution in [2.45, 2.75) is 59.5 Å². The summed E-state index contributed by atoms with van der Waals surface area (Å²) in [6.07, 6.45) is 7.71. The molecule has 1 aliphatic heterocycles. The molecule has 1 heterocycles. The van der Waals surface area contributed by atoms with Crippen LogP contribution in [0, 0.1) is 5.92 Å². The van der Waals surface area contributed by atoms with Crippen LogP contribution in [-0.4, -0.2) is 35.5 Å². The van der Waals surface area contributed by atoms with E-state index in [2.05, 4.69) is 42.7 Å². The van der Waals surface area contributed by atoms with E-state index in [9.17, 15) is 0 Å². The van der Waals surface area contributed by atoms with Crippen LogP contribution in [0.5, 0.6) is 0 Å². The predicted molar refractivity (Wildman–Crippen MR) is 70.3 cm³/mol. The number of rotatable bonds is 7. The molecule has 0 N–H and O–H groups in total. The molecular weight excluding hydrogens is 198 g/mol. The van der Waals surface area contributed by atoms with Gasteiger partial charge in [0.05, 0.1) is 0 Å². The average Bonchev–Trinajstić information content (AvgIpc) is 2.56. The molecule has 1 unspecified atom stereocenters. The molecule has 0 aromatic rings. The van der Waals surface area contributed by atoms with Crippen molar-refractivity contribution >= 4 is 6.34 Å². The molecule has 0 bridgehead atoms. The van der Waals surface area contributed by atoms with Gasteiger partial charge in [-0.25, -0.2) is 0 Å². The predicted octanol–water partition coefficient (Wildman–Crippen LogP) is 3.13. The van der Waals surface area contributed by atoms with E-state index >= 15 is 0 Å². The van der Waals surface area contributed by atoms with Gasteiger partial charge in [0.25, 0.3) is 0 Å². The Morgan fingerprint density at radius 1 is 1.25 bits per heavy atom. The zero-order valence-electron chi connectivity index (χ0n) is 11.3. The molecule has 0 aromatic carbocycles. The van der Waals surface area contributed by atoms with Crippen molar-refractivity contribution in [1.82, 2.24) is 9.91 Å². The lowest BCUT2D eigenvalue weighted by Gasteiger charge is -2.28. The van der Waals surface area contributed by atoms with E-state index in [-0.39, 0.29) is 0 Å². The molecule has 0 amide bonds. The molecule has 1 atom stereocenters. The minimum Gasteiger partial charge on any atom is -0.339 e. The second-order valence-electron chi connectivity index (χ2n) is 5.18. The van der Waals surface area contributed by atoms with Crippen LogP contribution >= 0.6 is 0 Å². The van der Waals surface area contributed by atoms with Crippen LogP contribution in [0.3, 0.4) is 0 Å². The summed E-state index contributed by atoms with van der Waals surface area (Å²) in [5, 5.41) is 6.70. The van der Waals surface area contributed by atoms with Crippen LogP contribution in [-0.2, 0) is 0 Å². The van der Waals surface area contributed by atoms with E-state index in [1.807, 2.05) is 6.34 Å². The molecular formula is C13H27N3. The van der Waals surface area contributed by atoms with Gasteiger partial charge < -0.3 is 4.90 Å². The van der Waals surface area contributed by atoms with Gasteiger partial charge in [-0.1, -0.05) is 40.0 Å². The van der Waals surface area contributed by atoms with E-state index in [4.69, 9.17) is 0 Å². The molecule has 0 saturated carbocycles. The standard InChI is InChI=1S/C13H27N3/c1-5-6-7-8-9-16-13(4)15(11-14-16)10-12(2)3/h11-13H,5-10H2,1-4H3. The fraction of sp³-hybridized carbons (Fsp3) is 0.923.